The van der Waals surface area contributed by atoms with Crippen LogP contribution < -0.4 is 0 Å². The number of carboxylic acid groups (broad SMARTS) is 1. The van der Waals surface area contributed by atoms with Gasteiger partial charge in [0.05, 0.1) is 6.61 Å². The molecule has 0 atom stereocenters. The molecule has 1 N–H and O–H groups in total. The maximum atomic E-state index is 12.4. The van der Waals surface area contributed by atoms with Crippen LogP contribution in [0.25, 0.3) is 0 Å². The van der Waals surface area contributed by atoms with Crippen molar-refractivity contribution in [3.05, 3.63) is 12.7 Å². The third-order valence-corrected chi connectivity index (χ3v) is 2.52. The topological polar surface area (TPSA) is 70.1 Å². The van der Waals surface area contributed by atoms with Gasteiger partial charge in [-0.25, -0.2) is 4.79 Å². The number of rotatable bonds is 7. The predicted molar refractivity (Wildman–Crippen MR) is 73.1 cm³/mol. The summed E-state index contributed by atoms with van der Waals surface area (Å²) in [5.74, 6) is -1.03. The minimum absolute atomic E-state index is 0.327. The molecule has 0 aliphatic carbocycles. The first kappa shape index (κ1) is 17.4. The van der Waals surface area contributed by atoms with E-state index in [0.717, 1.165) is 0 Å². The van der Waals surface area contributed by atoms with Gasteiger partial charge in [0, 0.05) is 25.7 Å². The molecule has 0 aliphatic heterocycles. The molecule has 2 amide bonds. The zero-order valence-electron chi connectivity index (χ0n) is 12.2. The standard InChI is InChI=1S/C13H24N2O4/c1-6-7-14(8-9-19-5)12(18)15(10-11(16)17)13(2,3)4/h6H,1,7-10H2,2-5H3,(H,16,17). The molecule has 0 rings (SSSR count). The Morgan fingerprint density at radius 3 is 2.32 bits per heavy atom. The first-order valence-corrected chi connectivity index (χ1v) is 6.12. The van der Waals surface area contributed by atoms with Crippen molar-refractivity contribution in [2.75, 3.05) is 33.4 Å². The Bertz CT molecular complexity index is 323. The maximum Gasteiger partial charge on any atom is 0.323 e. The molecular weight excluding hydrogens is 248 g/mol. The van der Waals surface area contributed by atoms with Crippen LogP contribution in [0.2, 0.25) is 0 Å². The van der Waals surface area contributed by atoms with Crippen molar-refractivity contribution in [1.29, 1.82) is 0 Å². The molecule has 0 aliphatic rings. The fraction of sp³-hybridized carbons (Fsp3) is 0.692. The second kappa shape index (κ2) is 7.78. The van der Waals surface area contributed by atoms with E-state index in [1.165, 1.54) is 9.80 Å². The molecule has 0 radical (unpaired) electrons. The van der Waals surface area contributed by atoms with Crippen molar-refractivity contribution in [3.63, 3.8) is 0 Å². The molecule has 0 saturated heterocycles. The van der Waals surface area contributed by atoms with Crippen LogP contribution in [0, 0.1) is 0 Å². The lowest BCUT2D eigenvalue weighted by molar-refractivity contribution is -0.138. The summed E-state index contributed by atoms with van der Waals surface area (Å²) in [6.45, 7) is 9.82. The number of ether oxygens (including phenoxy) is 1. The summed E-state index contributed by atoms with van der Waals surface area (Å²) in [6, 6.07) is -0.327. The maximum absolute atomic E-state index is 12.4. The monoisotopic (exact) mass is 272 g/mol. The quantitative estimate of drug-likeness (QED) is 0.712. The van der Waals surface area contributed by atoms with E-state index in [1.807, 2.05) is 0 Å². The zero-order valence-corrected chi connectivity index (χ0v) is 12.2. The average molecular weight is 272 g/mol. The summed E-state index contributed by atoms with van der Waals surface area (Å²) in [5.41, 5.74) is -0.567. The van der Waals surface area contributed by atoms with Gasteiger partial charge in [-0.05, 0) is 20.8 Å². The number of methoxy groups -OCH3 is 1. The molecule has 0 aromatic carbocycles. The molecule has 0 bridgehead atoms. The Morgan fingerprint density at radius 1 is 1.37 bits per heavy atom. The van der Waals surface area contributed by atoms with Crippen LogP contribution in [0.5, 0.6) is 0 Å². The third-order valence-electron chi connectivity index (χ3n) is 2.52. The number of nitrogens with zero attached hydrogens (tertiary/aromatic N) is 2. The van der Waals surface area contributed by atoms with Crippen LogP contribution in [0.15, 0.2) is 12.7 Å². The van der Waals surface area contributed by atoms with E-state index in [1.54, 1.807) is 34.0 Å². The van der Waals surface area contributed by atoms with Crippen LogP contribution >= 0.6 is 0 Å². The van der Waals surface area contributed by atoms with Crippen molar-refractivity contribution in [1.82, 2.24) is 9.80 Å². The summed E-state index contributed by atoms with van der Waals surface area (Å²) in [7, 11) is 1.55. The Labute approximate surface area is 114 Å². The first-order valence-electron chi connectivity index (χ1n) is 6.12. The van der Waals surface area contributed by atoms with Gasteiger partial charge in [0.15, 0.2) is 0 Å². The van der Waals surface area contributed by atoms with Crippen LogP contribution in [0.1, 0.15) is 20.8 Å². The number of carbonyl (C=O) groups is 2. The zero-order chi connectivity index (χ0) is 15.1. The van der Waals surface area contributed by atoms with Crippen LogP contribution in [0.3, 0.4) is 0 Å². The molecule has 0 fully saturated rings. The van der Waals surface area contributed by atoms with Crippen molar-refractivity contribution >= 4 is 12.0 Å². The fourth-order valence-electron chi connectivity index (χ4n) is 1.52. The summed E-state index contributed by atoms with van der Waals surface area (Å²) in [4.78, 5) is 26.2. The fourth-order valence-corrected chi connectivity index (χ4v) is 1.52. The molecule has 0 aromatic heterocycles. The Kier molecular flexibility index (Phi) is 7.14. The van der Waals surface area contributed by atoms with Crippen LogP contribution in [0.4, 0.5) is 4.79 Å². The molecule has 0 spiro atoms. The molecule has 0 heterocycles. The number of carboxylic acids is 1. The van der Waals surface area contributed by atoms with Gasteiger partial charge in [0.1, 0.15) is 6.54 Å². The van der Waals surface area contributed by atoms with E-state index in [2.05, 4.69) is 6.58 Å². The van der Waals surface area contributed by atoms with Crippen molar-refractivity contribution in [2.45, 2.75) is 26.3 Å². The van der Waals surface area contributed by atoms with Gasteiger partial charge < -0.3 is 19.6 Å². The Hall–Kier alpha value is -1.56. The molecule has 0 aromatic rings. The highest BCUT2D eigenvalue weighted by atomic mass is 16.5. The number of amides is 2. The normalized spacial score (nSPS) is 10.9. The lowest BCUT2D eigenvalue weighted by Gasteiger charge is -2.38. The van der Waals surface area contributed by atoms with E-state index in [4.69, 9.17) is 9.84 Å². The lowest BCUT2D eigenvalue weighted by Crippen LogP contribution is -2.54. The highest BCUT2D eigenvalue weighted by Gasteiger charge is 2.31. The largest absolute Gasteiger partial charge is 0.480 e. The summed E-state index contributed by atoms with van der Waals surface area (Å²) >= 11 is 0. The second-order valence-corrected chi connectivity index (χ2v) is 5.16. The summed E-state index contributed by atoms with van der Waals surface area (Å²) < 4.78 is 4.95. The summed E-state index contributed by atoms with van der Waals surface area (Å²) in [5, 5.41) is 8.93. The SMILES string of the molecule is C=CCN(CCOC)C(=O)N(CC(=O)O)C(C)(C)C. The molecule has 19 heavy (non-hydrogen) atoms. The lowest BCUT2D eigenvalue weighted by atomic mass is 10.1. The average Bonchev–Trinajstić information content (AvgIpc) is 2.29. The van der Waals surface area contributed by atoms with Gasteiger partial charge in [0.25, 0.3) is 0 Å². The van der Waals surface area contributed by atoms with Gasteiger partial charge in [-0.1, -0.05) is 6.08 Å². The molecule has 0 unspecified atom stereocenters. The number of carbonyl (C=O) groups excluding carboxylic acids is 1. The highest BCUT2D eigenvalue weighted by molar-refractivity contribution is 5.81. The van der Waals surface area contributed by atoms with Crippen molar-refractivity contribution in [3.8, 4) is 0 Å². The Balaban J connectivity index is 5.00. The molecule has 110 valence electrons. The highest BCUT2D eigenvalue weighted by Crippen LogP contribution is 2.15. The molecule has 6 nitrogen and oxygen atoms in total. The number of hydrogen-bond acceptors (Lipinski definition) is 3. The summed E-state index contributed by atoms with van der Waals surface area (Å²) in [6.07, 6.45) is 1.61. The number of aliphatic carboxylic acids is 1. The number of urea groups is 1. The number of hydrogen-bond donors (Lipinski definition) is 1. The minimum atomic E-state index is -1.03. The Morgan fingerprint density at radius 2 is 1.95 bits per heavy atom. The molecular formula is C13H24N2O4. The molecule has 0 saturated carbocycles. The van der Waals surface area contributed by atoms with Crippen LogP contribution in [-0.4, -0.2) is 65.8 Å². The van der Waals surface area contributed by atoms with Gasteiger partial charge in [-0.3, -0.25) is 4.79 Å². The van der Waals surface area contributed by atoms with E-state index >= 15 is 0 Å². The van der Waals surface area contributed by atoms with Gasteiger partial charge in [-0.2, -0.15) is 0 Å². The van der Waals surface area contributed by atoms with E-state index in [0.29, 0.717) is 19.7 Å². The van der Waals surface area contributed by atoms with Gasteiger partial charge >= 0.3 is 12.0 Å². The van der Waals surface area contributed by atoms with Crippen molar-refractivity contribution in [2.24, 2.45) is 0 Å². The van der Waals surface area contributed by atoms with Crippen molar-refractivity contribution < 1.29 is 19.4 Å². The third kappa shape index (κ3) is 6.24. The second-order valence-electron chi connectivity index (χ2n) is 5.16. The first-order chi connectivity index (χ1) is 8.73. The van der Waals surface area contributed by atoms with E-state index in [-0.39, 0.29) is 12.6 Å². The predicted octanol–water partition coefficient (Wildman–Crippen LogP) is 1.43. The van der Waals surface area contributed by atoms with Gasteiger partial charge in [0.2, 0.25) is 0 Å². The van der Waals surface area contributed by atoms with E-state index < -0.39 is 11.5 Å². The molecule has 6 heteroatoms. The van der Waals surface area contributed by atoms with E-state index in [9.17, 15) is 9.59 Å². The minimum Gasteiger partial charge on any atom is -0.480 e. The smallest absolute Gasteiger partial charge is 0.323 e. The van der Waals surface area contributed by atoms with Crippen LogP contribution in [-0.2, 0) is 9.53 Å². The van der Waals surface area contributed by atoms with Gasteiger partial charge in [-0.15, -0.1) is 6.58 Å².